The van der Waals surface area contributed by atoms with Crippen LogP contribution in [0.15, 0.2) is 59.5 Å². The fourth-order valence-corrected chi connectivity index (χ4v) is 3.65. The van der Waals surface area contributed by atoms with Crippen molar-refractivity contribution in [1.82, 2.24) is 30.0 Å². The third-order valence-corrected chi connectivity index (χ3v) is 5.48. The Kier molecular flexibility index (Phi) is 5.19. The van der Waals surface area contributed by atoms with Gasteiger partial charge < -0.3 is 19.8 Å². The van der Waals surface area contributed by atoms with Gasteiger partial charge in [-0.3, -0.25) is 9.78 Å². The number of pyridine rings is 2. The third kappa shape index (κ3) is 3.82. The summed E-state index contributed by atoms with van der Waals surface area (Å²) in [5.74, 6) is -0.0179. The highest BCUT2D eigenvalue weighted by Gasteiger charge is 2.48. The number of nitrogens with zero attached hydrogens (tertiary/aromatic N) is 7. The third-order valence-electron chi connectivity index (χ3n) is 5.48. The fraction of sp³-hybridized carbons (Fsp3) is 0.174. The number of hydrogen-bond acceptors (Lipinski definition) is 10. The first-order valence-corrected chi connectivity index (χ1v) is 10.3. The number of nitriles is 1. The molecule has 5 rings (SSSR count). The van der Waals surface area contributed by atoms with Crippen molar-refractivity contribution in [1.29, 1.82) is 5.26 Å². The van der Waals surface area contributed by atoms with Crippen molar-refractivity contribution in [2.24, 2.45) is 0 Å². The van der Waals surface area contributed by atoms with Gasteiger partial charge in [0.15, 0.2) is 5.76 Å². The number of carbonyl (C=O) groups excluding carboxylic acids is 1. The molecule has 0 saturated carbocycles. The van der Waals surface area contributed by atoms with E-state index in [0.717, 1.165) is 0 Å². The molecular formula is C23H18N8O3. The van der Waals surface area contributed by atoms with Gasteiger partial charge in [-0.25, -0.2) is 15.0 Å². The minimum absolute atomic E-state index is 0.0887. The minimum atomic E-state index is -1.72. The zero-order chi connectivity index (χ0) is 23.7. The van der Waals surface area contributed by atoms with Gasteiger partial charge in [0, 0.05) is 38.5 Å². The van der Waals surface area contributed by atoms with Gasteiger partial charge in [0.2, 0.25) is 11.5 Å². The normalized spacial score (nSPS) is 17.6. The number of amides is 1. The Balaban J connectivity index is 1.41. The highest BCUT2D eigenvalue weighted by molar-refractivity contribution is 5.87. The van der Waals surface area contributed by atoms with E-state index in [1.807, 2.05) is 6.07 Å². The van der Waals surface area contributed by atoms with E-state index in [9.17, 15) is 9.90 Å². The van der Waals surface area contributed by atoms with Gasteiger partial charge in [0.25, 0.3) is 5.91 Å². The first-order valence-electron chi connectivity index (χ1n) is 10.3. The average Bonchev–Trinajstić information content (AvgIpc) is 3.47. The summed E-state index contributed by atoms with van der Waals surface area (Å²) in [6.07, 6.45) is 4.85. The molecule has 1 aliphatic heterocycles. The quantitative estimate of drug-likeness (QED) is 0.459. The highest BCUT2D eigenvalue weighted by Crippen LogP contribution is 2.34. The Hall–Kier alpha value is -4.69. The van der Waals surface area contributed by atoms with Crippen LogP contribution in [0.25, 0.3) is 22.8 Å². The standard InChI is InChI=1S/C23H18N8O3/c1-31-8-6-23(33,21(31)32)20-10-19(30-34-20)17-4-2-3-16(28-17)18-5-7-26-22(29-18)27-15-9-14(11-24)12-25-13-15/h2-5,7,9-10,12-13,33H,6,8H2,1H3,(H,26,27,29). The SMILES string of the molecule is CN1CCC(O)(c2cc(-c3cccc(-c4ccnc(Nc5cncc(C#N)c5)n4)n3)no2)C1=O. The van der Waals surface area contributed by atoms with Gasteiger partial charge in [-0.2, -0.15) is 5.26 Å². The van der Waals surface area contributed by atoms with Crippen LogP contribution in [0.5, 0.6) is 0 Å². The van der Waals surface area contributed by atoms with Gasteiger partial charge in [-0.05, 0) is 24.3 Å². The lowest BCUT2D eigenvalue weighted by molar-refractivity contribution is -0.144. The smallest absolute Gasteiger partial charge is 0.262 e. The first-order chi connectivity index (χ1) is 16.5. The van der Waals surface area contributed by atoms with Crippen molar-refractivity contribution in [3.8, 4) is 28.8 Å². The molecule has 0 spiro atoms. The Labute approximate surface area is 193 Å². The van der Waals surface area contributed by atoms with Crippen molar-refractivity contribution < 1.29 is 14.4 Å². The fourth-order valence-electron chi connectivity index (χ4n) is 3.65. The van der Waals surface area contributed by atoms with Crippen LogP contribution in [0.1, 0.15) is 17.7 Å². The molecule has 1 unspecified atom stereocenters. The zero-order valence-corrected chi connectivity index (χ0v) is 18.0. The summed E-state index contributed by atoms with van der Waals surface area (Å²) < 4.78 is 5.32. The second kappa shape index (κ2) is 8.34. The van der Waals surface area contributed by atoms with Crippen LogP contribution in [-0.2, 0) is 10.4 Å². The summed E-state index contributed by atoms with van der Waals surface area (Å²) >= 11 is 0. The lowest BCUT2D eigenvalue weighted by Gasteiger charge is -2.16. The molecular weight excluding hydrogens is 436 g/mol. The molecule has 11 heteroatoms. The summed E-state index contributed by atoms with van der Waals surface area (Å²) in [6, 6.07) is 12.3. The second-order valence-corrected chi connectivity index (χ2v) is 7.79. The van der Waals surface area contributed by atoms with Crippen molar-refractivity contribution in [2.75, 3.05) is 18.9 Å². The predicted octanol–water partition coefficient (Wildman–Crippen LogP) is 2.25. The second-order valence-electron chi connectivity index (χ2n) is 7.79. The molecule has 1 aliphatic rings. The van der Waals surface area contributed by atoms with Crippen LogP contribution in [-0.4, -0.2) is 54.6 Å². The van der Waals surface area contributed by atoms with E-state index in [0.29, 0.717) is 46.5 Å². The predicted molar refractivity (Wildman–Crippen MR) is 119 cm³/mol. The summed E-state index contributed by atoms with van der Waals surface area (Å²) in [5.41, 5.74) is 1.28. The molecule has 4 aromatic heterocycles. The average molecular weight is 454 g/mol. The number of nitrogens with one attached hydrogen (secondary N) is 1. The molecule has 5 heterocycles. The maximum Gasteiger partial charge on any atom is 0.262 e. The van der Waals surface area contributed by atoms with Crippen LogP contribution in [0, 0.1) is 11.3 Å². The summed E-state index contributed by atoms with van der Waals surface area (Å²) in [6.45, 7) is 0.431. The lowest BCUT2D eigenvalue weighted by Crippen LogP contribution is -2.35. The molecule has 11 nitrogen and oxygen atoms in total. The lowest BCUT2D eigenvalue weighted by atomic mass is 9.98. The number of aromatic nitrogens is 5. The van der Waals surface area contributed by atoms with E-state index < -0.39 is 11.5 Å². The van der Waals surface area contributed by atoms with E-state index >= 15 is 0 Å². The van der Waals surface area contributed by atoms with Gasteiger partial charge in [0.1, 0.15) is 11.8 Å². The van der Waals surface area contributed by atoms with E-state index in [1.54, 1.807) is 49.8 Å². The van der Waals surface area contributed by atoms with E-state index in [1.165, 1.54) is 17.2 Å². The van der Waals surface area contributed by atoms with Crippen molar-refractivity contribution in [2.45, 2.75) is 12.0 Å². The van der Waals surface area contributed by atoms with Crippen LogP contribution in [0.4, 0.5) is 11.6 Å². The number of rotatable bonds is 5. The molecule has 1 amide bonds. The largest absolute Gasteiger partial charge is 0.373 e. The van der Waals surface area contributed by atoms with Crippen molar-refractivity contribution in [3.05, 3.63) is 66.3 Å². The van der Waals surface area contributed by atoms with Crippen LogP contribution in [0.2, 0.25) is 0 Å². The molecule has 0 bridgehead atoms. The highest BCUT2D eigenvalue weighted by atomic mass is 16.5. The van der Waals surface area contributed by atoms with Gasteiger partial charge in [0.05, 0.1) is 34.5 Å². The number of hydrogen-bond donors (Lipinski definition) is 2. The van der Waals surface area contributed by atoms with Crippen LogP contribution in [0.3, 0.4) is 0 Å². The minimum Gasteiger partial charge on any atom is -0.373 e. The monoisotopic (exact) mass is 454 g/mol. The van der Waals surface area contributed by atoms with Crippen molar-refractivity contribution >= 4 is 17.5 Å². The Bertz CT molecular complexity index is 1430. The molecule has 1 saturated heterocycles. The molecule has 1 fully saturated rings. The molecule has 168 valence electrons. The number of aliphatic hydroxyl groups is 1. The van der Waals surface area contributed by atoms with E-state index in [2.05, 4.69) is 30.4 Å². The Morgan fingerprint density at radius 3 is 2.71 bits per heavy atom. The van der Waals surface area contributed by atoms with Gasteiger partial charge >= 0.3 is 0 Å². The molecule has 2 N–H and O–H groups in total. The summed E-state index contributed by atoms with van der Waals surface area (Å²) in [7, 11) is 1.63. The molecule has 0 aliphatic carbocycles. The van der Waals surface area contributed by atoms with Crippen LogP contribution >= 0.6 is 0 Å². The molecule has 34 heavy (non-hydrogen) atoms. The van der Waals surface area contributed by atoms with Gasteiger partial charge in [-0.15, -0.1) is 0 Å². The molecule has 1 atom stereocenters. The Morgan fingerprint density at radius 2 is 1.94 bits per heavy atom. The van der Waals surface area contributed by atoms with E-state index in [-0.39, 0.29) is 12.2 Å². The first kappa shape index (κ1) is 21.2. The molecule has 0 aromatic carbocycles. The molecule has 0 radical (unpaired) electrons. The number of likely N-dealkylation sites (tertiary alicyclic amines) is 1. The zero-order valence-electron chi connectivity index (χ0n) is 18.0. The number of likely N-dealkylation sites (N-methyl/N-ethyl adjacent to an activating group) is 1. The van der Waals surface area contributed by atoms with Gasteiger partial charge in [-0.1, -0.05) is 11.2 Å². The summed E-state index contributed by atoms with van der Waals surface area (Å²) in [5, 5.41) is 26.9. The summed E-state index contributed by atoms with van der Waals surface area (Å²) in [4.78, 5) is 31.1. The molecule has 4 aromatic rings. The topological polar surface area (TPSA) is 154 Å². The van der Waals surface area contributed by atoms with Crippen molar-refractivity contribution in [3.63, 3.8) is 0 Å². The maximum absolute atomic E-state index is 12.3. The number of anilines is 2. The van der Waals surface area contributed by atoms with E-state index in [4.69, 9.17) is 9.78 Å². The maximum atomic E-state index is 12.3. The van der Waals surface area contributed by atoms with Crippen LogP contribution < -0.4 is 5.32 Å². The Morgan fingerprint density at radius 1 is 1.15 bits per heavy atom. The number of carbonyl (C=O) groups is 1.